The molecule has 0 aliphatic rings. The largest absolute Gasteiger partial charge is 0.379 e. The lowest BCUT2D eigenvalue weighted by Gasteiger charge is -2.07. The van der Waals surface area contributed by atoms with Crippen LogP contribution < -0.4 is 0 Å². The van der Waals surface area contributed by atoms with E-state index in [9.17, 15) is 9.18 Å². The first kappa shape index (κ1) is 14.8. The fourth-order valence-corrected chi connectivity index (χ4v) is 1.39. The molecule has 100 valence electrons. The van der Waals surface area contributed by atoms with Crippen LogP contribution in [0.3, 0.4) is 0 Å². The van der Waals surface area contributed by atoms with Gasteiger partial charge in [-0.25, -0.2) is 4.39 Å². The molecule has 0 unspecified atom stereocenters. The molecule has 0 spiro atoms. The van der Waals surface area contributed by atoms with Crippen molar-refractivity contribution in [2.24, 2.45) is 0 Å². The summed E-state index contributed by atoms with van der Waals surface area (Å²) in [4.78, 5) is 11.7. The summed E-state index contributed by atoms with van der Waals surface area (Å²) in [7, 11) is 0. The Bertz CT molecular complexity index is 360. The fourth-order valence-electron chi connectivity index (χ4n) is 1.39. The summed E-state index contributed by atoms with van der Waals surface area (Å²) >= 11 is 0. The minimum Gasteiger partial charge on any atom is -0.379 e. The summed E-state index contributed by atoms with van der Waals surface area (Å²) in [6.45, 7) is 5.28. The van der Waals surface area contributed by atoms with E-state index < -0.39 is 0 Å². The summed E-state index contributed by atoms with van der Waals surface area (Å²) in [5, 5.41) is 0. The minimum absolute atomic E-state index is 0.0419. The third kappa shape index (κ3) is 5.89. The van der Waals surface area contributed by atoms with E-state index in [1.807, 2.05) is 13.8 Å². The van der Waals surface area contributed by atoms with Crippen LogP contribution in [0.25, 0.3) is 0 Å². The van der Waals surface area contributed by atoms with Crippen LogP contribution in [-0.2, 0) is 9.47 Å². The van der Waals surface area contributed by atoms with Gasteiger partial charge in [-0.1, -0.05) is 0 Å². The van der Waals surface area contributed by atoms with Gasteiger partial charge in [0.25, 0.3) is 0 Å². The molecule has 0 amide bonds. The van der Waals surface area contributed by atoms with Crippen LogP contribution in [-0.4, -0.2) is 31.7 Å². The minimum atomic E-state index is -0.339. The van der Waals surface area contributed by atoms with Gasteiger partial charge >= 0.3 is 0 Å². The van der Waals surface area contributed by atoms with E-state index in [-0.39, 0.29) is 17.7 Å². The van der Waals surface area contributed by atoms with Crippen LogP contribution >= 0.6 is 0 Å². The molecule has 0 aliphatic heterocycles. The quantitative estimate of drug-likeness (QED) is 0.528. The molecule has 0 fully saturated rings. The smallest absolute Gasteiger partial charge is 0.165 e. The number of Topliss-reactive ketones (excluding diaryl/α,β-unsaturated/α-hetero) is 1. The summed E-state index contributed by atoms with van der Waals surface area (Å²) in [5.74, 6) is -0.381. The van der Waals surface area contributed by atoms with Crippen LogP contribution in [0.4, 0.5) is 4.39 Å². The van der Waals surface area contributed by atoms with Crippen LogP contribution in [0.15, 0.2) is 24.3 Å². The molecule has 18 heavy (non-hydrogen) atoms. The molecular formula is C14H19FO3. The molecule has 1 rings (SSSR count). The van der Waals surface area contributed by atoms with Gasteiger partial charge in [-0.15, -0.1) is 0 Å². The third-order valence-electron chi connectivity index (χ3n) is 2.32. The Morgan fingerprint density at radius 3 is 2.44 bits per heavy atom. The molecule has 0 heterocycles. The van der Waals surface area contributed by atoms with Gasteiger partial charge in [0.2, 0.25) is 0 Å². The molecule has 0 saturated heterocycles. The summed E-state index contributed by atoms with van der Waals surface area (Å²) in [6, 6.07) is 5.54. The SMILES string of the molecule is CC(C)OCCOCCC(=O)c1ccc(F)cc1. The van der Waals surface area contributed by atoms with Crippen molar-refractivity contribution < 1.29 is 18.7 Å². The van der Waals surface area contributed by atoms with Crippen molar-refractivity contribution in [1.29, 1.82) is 0 Å². The Balaban J connectivity index is 2.16. The van der Waals surface area contributed by atoms with E-state index in [0.29, 0.717) is 31.8 Å². The number of ketones is 1. The molecule has 1 aromatic carbocycles. The third-order valence-corrected chi connectivity index (χ3v) is 2.32. The lowest BCUT2D eigenvalue weighted by atomic mass is 10.1. The first-order valence-corrected chi connectivity index (χ1v) is 6.07. The molecule has 0 aliphatic carbocycles. The second kappa shape index (κ2) is 7.95. The number of halogens is 1. The average molecular weight is 254 g/mol. The number of carbonyl (C=O) groups is 1. The van der Waals surface area contributed by atoms with Gasteiger partial charge in [-0.2, -0.15) is 0 Å². The number of benzene rings is 1. The first-order chi connectivity index (χ1) is 8.59. The van der Waals surface area contributed by atoms with E-state index >= 15 is 0 Å². The van der Waals surface area contributed by atoms with Crippen molar-refractivity contribution in [3.05, 3.63) is 35.6 Å². The summed E-state index contributed by atoms with van der Waals surface area (Å²) in [5.41, 5.74) is 0.512. The van der Waals surface area contributed by atoms with Gasteiger partial charge < -0.3 is 9.47 Å². The number of rotatable bonds is 8. The van der Waals surface area contributed by atoms with E-state index in [1.54, 1.807) is 0 Å². The zero-order valence-electron chi connectivity index (χ0n) is 10.8. The highest BCUT2D eigenvalue weighted by Gasteiger charge is 2.05. The Morgan fingerprint density at radius 1 is 1.17 bits per heavy atom. The standard InChI is InChI=1S/C14H19FO3/c1-11(2)18-10-9-17-8-7-14(16)12-3-5-13(15)6-4-12/h3-6,11H,7-10H2,1-2H3. The van der Waals surface area contributed by atoms with Gasteiger partial charge in [-0.05, 0) is 38.1 Å². The maximum atomic E-state index is 12.7. The molecule has 0 saturated carbocycles. The maximum Gasteiger partial charge on any atom is 0.165 e. The highest BCUT2D eigenvalue weighted by atomic mass is 19.1. The van der Waals surface area contributed by atoms with Crippen molar-refractivity contribution >= 4 is 5.78 Å². The monoisotopic (exact) mass is 254 g/mol. The molecule has 0 aromatic heterocycles. The summed E-state index contributed by atoms with van der Waals surface area (Å²) < 4.78 is 23.2. The number of ether oxygens (including phenoxy) is 2. The van der Waals surface area contributed by atoms with E-state index in [0.717, 1.165) is 0 Å². The predicted octanol–water partition coefficient (Wildman–Crippen LogP) is 2.84. The van der Waals surface area contributed by atoms with Crippen LogP contribution in [0.5, 0.6) is 0 Å². The van der Waals surface area contributed by atoms with Gasteiger partial charge in [0.15, 0.2) is 5.78 Å². The maximum absolute atomic E-state index is 12.7. The van der Waals surface area contributed by atoms with E-state index in [2.05, 4.69) is 0 Å². The fraction of sp³-hybridized carbons (Fsp3) is 0.500. The number of carbonyl (C=O) groups excluding carboxylic acids is 1. The predicted molar refractivity (Wildman–Crippen MR) is 67.3 cm³/mol. The number of hydrogen-bond acceptors (Lipinski definition) is 3. The number of hydrogen-bond donors (Lipinski definition) is 0. The van der Waals surface area contributed by atoms with Crippen molar-refractivity contribution in [2.45, 2.75) is 26.4 Å². The average Bonchev–Trinajstić information content (AvgIpc) is 2.34. The highest BCUT2D eigenvalue weighted by Crippen LogP contribution is 2.05. The van der Waals surface area contributed by atoms with Crippen molar-refractivity contribution in [3.8, 4) is 0 Å². The zero-order valence-corrected chi connectivity index (χ0v) is 10.8. The van der Waals surface area contributed by atoms with Gasteiger partial charge in [-0.3, -0.25) is 4.79 Å². The van der Waals surface area contributed by atoms with Crippen molar-refractivity contribution in [1.82, 2.24) is 0 Å². The molecule has 1 aromatic rings. The van der Waals surface area contributed by atoms with Gasteiger partial charge in [0.05, 0.1) is 25.9 Å². The molecule has 0 atom stereocenters. The van der Waals surface area contributed by atoms with Gasteiger partial charge in [0.1, 0.15) is 5.82 Å². The molecule has 4 heteroatoms. The lowest BCUT2D eigenvalue weighted by molar-refractivity contribution is 0.0191. The molecule has 3 nitrogen and oxygen atoms in total. The lowest BCUT2D eigenvalue weighted by Crippen LogP contribution is -2.11. The topological polar surface area (TPSA) is 35.5 Å². The Labute approximate surface area is 107 Å². The molecule has 0 bridgehead atoms. The molecular weight excluding hydrogens is 235 g/mol. The first-order valence-electron chi connectivity index (χ1n) is 6.07. The van der Waals surface area contributed by atoms with Crippen LogP contribution in [0.2, 0.25) is 0 Å². The molecule has 0 N–H and O–H groups in total. The Kier molecular flexibility index (Phi) is 6.54. The second-order valence-electron chi connectivity index (χ2n) is 4.21. The Morgan fingerprint density at radius 2 is 1.83 bits per heavy atom. The van der Waals surface area contributed by atoms with Crippen molar-refractivity contribution in [2.75, 3.05) is 19.8 Å². The second-order valence-corrected chi connectivity index (χ2v) is 4.21. The normalized spacial score (nSPS) is 10.9. The van der Waals surface area contributed by atoms with E-state index in [1.165, 1.54) is 24.3 Å². The summed E-state index contributed by atoms with van der Waals surface area (Å²) in [6.07, 6.45) is 0.488. The Hall–Kier alpha value is -1.26. The molecule has 0 radical (unpaired) electrons. The van der Waals surface area contributed by atoms with Gasteiger partial charge in [0, 0.05) is 12.0 Å². The van der Waals surface area contributed by atoms with E-state index in [4.69, 9.17) is 9.47 Å². The van der Waals surface area contributed by atoms with Crippen molar-refractivity contribution in [3.63, 3.8) is 0 Å². The van der Waals surface area contributed by atoms with Crippen LogP contribution in [0, 0.1) is 5.82 Å². The highest BCUT2D eigenvalue weighted by molar-refractivity contribution is 5.96. The van der Waals surface area contributed by atoms with Crippen LogP contribution in [0.1, 0.15) is 30.6 Å². The zero-order chi connectivity index (χ0) is 13.4.